The van der Waals surface area contributed by atoms with Gasteiger partial charge < -0.3 is 9.64 Å². The molecule has 3 rings (SSSR count). The number of ether oxygens (including phenoxy) is 1. The van der Waals surface area contributed by atoms with Crippen molar-refractivity contribution in [3.05, 3.63) is 71.2 Å². The van der Waals surface area contributed by atoms with Crippen LogP contribution in [0, 0.1) is 19.7 Å². The van der Waals surface area contributed by atoms with Crippen LogP contribution in [0.4, 0.5) is 4.39 Å². The standard InChI is InChI=1S/C21H21FN2O2/c1-14-6-4-5-7-20(14)26-11-10-24(3)21(25)18-12-16-8-9-17(22)13-19(16)23-15(18)2/h4-9,12-13H,10-11H2,1-3H3. The third-order valence-corrected chi connectivity index (χ3v) is 4.33. The number of hydrogen-bond donors (Lipinski definition) is 0. The van der Waals surface area contributed by atoms with Crippen molar-refractivity contribution in [2.24, 2.45) is 0 Å². The summed E-state index contributed by atoms with van der Waals surface area (Å²) >= 11 is 0. The molecule has 1 amide bonds. The summed E-state index contributed by atoms with van der Waals surface area (Å²) in [5.74, 6) is 0.350. The highest BCUT2D eigenvalue weighted by atomic mass is 19.1. The van der Waals surface area contributed by atoms with Gasteiger partial charge in [0.25, 0.3) is 5.91 Å². The van der Waals surface area contributed by atoms with Gasteiger partial charge in [0, 0.05) is 18.5 Å². The summed E-state index contributed by atoms with van der Waals surface area (Å²) in [6, 6.07) is 13.9. The van der Waals surface area contributed by atoms with Crippen LogP contribution in [0.5, 0.6) is 5.75 Å². The van der Waals surface area contributed by atoms with Crippen molar-refractivity contribution in [2.75, 3.05) is 20.2 Å². The number of benzene rings is 2. The topological polar surface area (TPSA) is 42.4 Å². The summed E-state index contributed by atoms with van der Waals surface area (Å²) < 4.78 is 19.1. The molecule has 0 atom stereocenters. The molecule has 26 heavy (non-hydrogen) atoms. The predicted octanol–water partition coefficient (Wildman–Crippen LogP) is 4.14. The summed E-state index contributed by atoms with van der Waals surface area (Å²) in [7, 11) is 1.73. The molecule has 134 valence electrons. The van der Waals surface area contributed by atoms with Gasteiger partial charge in [0.1, 0.15) is 18.2 Å². The van der Waals surface area contributed by atoms with E-state index in [2.05, 4.69) is 4.98 Å². The Morgan fingerprint density at radius 1 is 1.15 bits per heavy atom. The number of para-hydroxylation sites is 1. The van der Waals surface area contributed by atoms with Gasteiger partial charge in [0.2, 0.25) is 0 Å². The average Bonchev–Trinajstić information content (AvgIpc) is 2.62. The van der Waals surface area contributed by atoms with Gasteiger partial charge in [-0.05, 0) is 43.7 Å². The summed E-state index contributed by atoms with van der Waals surface area (Å²) in [5.41, 5.74) is 2.70. The lowest BCUT2D eigenvalue weighted by molar-refractivity contribution is 0.0772. The molecule has 0 bridgehead atoms. The Bertz CT molecular complexity index is 956. The highest BCUT2D eigenvalue weighted by molar-refractivity contribution is 5.98. The average molecular weight is 352 g/mol. The Hall–Kier alpha value is -2.95. The van der Waals surface area contributed by atoms with Crippen molar-refractivity contribution >= 4 is 16.8 Å². The van der Waals surface area contributed by atoms with E-state index in [4.69, 9.17) is 4.74 Å². The molecule has 0 aliphatic heterocycles. The number of halogens is 1. The number of nitrogens with zero attached hydrogens (tertiary/aromatic N) is 2. The molecule has 1 heterocycles. The number of amides is 1. The zero-order valence-electron chi connectivity index (χ0n) is 15.1. The number of hydrogen-bond acceptors (Lipinski definition) is 3. The van der Waals surface area contributed by atoms with Crippen LogP contribution in [0.2, 0.25) is 0 Å². The van der Waals surface area contributed by atoms with Gasteiger partial charge in [-0.1, -0.05) is 18.2 Å². The molecular formula is C21H21FN2O2. The molecule has 0 saturated carbocycles. The van der Waals surface area contributed by atoms with Crippen LogP contribution in [-0.4, -0.2) is 36.0 Å². The summed E-state index contributed by atoms with van der Waals surface area (Å²) in [6.07, 6.45) is 0. The van der Waals surface area contributed by atoms with Gasteiger partial charge in [0.05, 0.1) is 23.3 Å². The zero-order valence-corrected chi connectivity index (χ0v) is 15.1. The van der Waals surface area contributed by atoms with Gasteiger partial charge in [-0.2, -0.15) is 0 Å². The summed E-state index contributed by atoms with van der Waals surface area (Å²) in [4.78, 5) is 18.7. The number of likely N-dealkylation sites (N-methyl/N-ethyl adjacent to an activating group) is 1. The van der Waals surface area contributed by atoms with Crippen LogP contribution in [0.1, 0.15) is 21.6 Å². The first-order chi connectivity index (χ1) is 12.5. The Kier molecular flexibility index (Phi) is 5.16. The SMILES string of the molecule is Cc1ccccc1OCCN(C)C(=O)c1cc2ccc(F)cc2nc1C. The molecule has 5 heteroatoms. The smallest absolute Gasteiger partial charge is 0.255 e. The molecular weight excluding hydrogens is 331 g/mol. The maximum Gasteiger partial charge on any atom is 0.255 e. The fourth-order valence-corrected chi connectivity index (χ4v) is 2.77. The number of aromatic nitrogens is 1. The first kappa shape index (κ1) is 17.9. The normalized spacial score (nSPS) is 10.8. The Morgan fingerprint density at radius 3 is 2.69 bits per heavy atom. The van der Waals surface area contributed by atoms with Gasteiger partial charge in [0.15, 0.2) is 0 Å². The molecule has 2 aromatic carbocycles. The van der Waals surface area contributed by atoms with Crippen molar-refractivity contribution in [1.82, 2.24) is 9.88 Å². The zero-order chi connectivity index (χ0) is 18.7. The summed E-state index contributed by atoms with van der Waals surface area (Å²) in [6.45, 7) is 4.60. The van der Waals surface area contributed by atoms with Crippen molar-refractivity contribution in [3.8, 4) is 5.75 Å². The second-order valence-corrected chi connectivity index (χ2v) is 6.30. The number of aryl methyl sites for hydroxylation is 2. The lowest BCUT2D eigenvalue weighted by Crippen LogP contribution is -2.31. The quantitative estimate of drug-likeness (QED) is 0.693. The van der Waals surface area contributed by atoms with E-state index < -0.39 is 0 Å². The molecule has 0 spiro atoms. The minimum atomic E-state index is -0.339. The monoisotopic (exact) mass is 352 g/mol. The van der Waals surface area contributed by atoms with E-state index in [9.17, 15) is 9.18 Å². The third-order valence-electron chi connectivity index (χ3n) is 4.33. The molecule has 0 aliphatic rings. The molecule has 0 radical (unpaired) electrons. The molecule has 3 aromatic rings. The van der Waals surface area contributed by atoms with Crippen LogP contribution < -0.4 is 4.74 Å². The fourth-order valence-electron chi connectivity index (χ4n) is 2.77. The molecule has 4 nitrogen and oxygen atoms in total. The minimum absolute atomic E-state index is 0.130. The third kappa shape index (κ3) is 3.82. The van der Waals surface area contributed by atoms with Gasteiger partial charge in [-0.3, -0.25) is 9.78 Å². The maximum absolute atomic E-state index is 13.3. The van der Waals surface area contributed by atoms with E-state index in [0.717, 1.165) is 16.7 Å². The molecule has 0 fully saturated rings. The second kappa shape index (κ2) is 7.52. The predicted molar refractivity (Wildman–Crippen MR) is 100 cm³/mol. The van der Waals surface area contributed by atoms with Crippen molar-refractivity contribution in [2.45, 2.75) is 13.8 Å². The molecule has 0 aliphatic carbocycles. The van der Waals surface area contributed by atoms with E-state index in [1.165, 1.54) is 12.1 Å². The number of pyridine rings is 1. The lowest BCUT2D eigenvalue weighted by atomic mass is 10.1. The molecule has 0 unspecified atom stereocenters. The van der Waals surface area contributed by atoms with Crippen LogP contribution in [0.25, 0.3) is 10.9 Å². The first-order valence-corrected chi connectivity index (χ1v) is 8.46. The fraction of sp³-hybridized carbons (Fsp3) is 0.238. The molecule has 1 aromatic heterocycles. The largest absolute Gasteiger partial charge is 0.491 e. The first-order valence-electron chi connectivity index (χ1n) is 8.46. The van der Waals surface area contributed by atoms with E-state index in [-0.39, 0.29) is 11.7 Å². The van der Waals surface area contributed by atoms with Gasteiger partial charge in [-0.15, -0.1) is 0 Å². The molecule has 0 N–H and O–H groups in total. The van der Waals surface area contributed by atoms with Crippen molar-refractivity contribution < 1.29 is 13.9 Å². The number of rotatable bonds is 5. The van der Waals surface area contributed by atoms with Crippen molar-refractivity contribution in [1.29, 1.82) is 0 Å². The summed E-state index contributed by atoms with van der Waals surface area (Å²) in [5, 5.41) is 0.741. The lowest BCUT2D eigenvalue weighted by Gasteiger charge is -2.19. The Balaban J connectivity index is 1.70. The van der Waals surface area contributed by atoms with E-state index in [1.54, 1.807) is 31.0 Å². The van der Waals surface area contributed by atoms with Crippen LogP contribution in [0.15, 0.2) is 48.5 Å². The number of carbonyl (C=O) groups is 1. The van der Waals surface area contributed by atoms with Gasteiger partial charge in [-0.25, -0.2) is 4.39 Å². The highest BCUT2D eigenvalue weighted by Gasteiger charge is 2.16. The van der Waals surface area contributed by atoms with E-state index >= 15 is 0 Å². The minimum Gasteiger partial charge on any atom is -0.491 e. The van der Waals surface area contributed by atoms with E-state index in [0.29, 0.717) is 29.9 Å². The maximum atomic E-state index is 13.3. The second-order valence-electron chi connectivity index (χ2n) is 6.30. The van der Waals surface area contributed by atoms with Crippen molar-refractivity contribution in [3.63, 3.8) is 0 Å². The van der Waals surface area contributed by atoms with Crippen LogP contribution in [-0.2, 0) is 0 Å². The Labute approximate surface area is 152 Å². The molecule has 0 saturated heterocycles. The van der Waals surface area contributed by atoms with Crippen LogP contribution in [0.3, 0.4) is 0 Å². The van der Waals surface area contributed by atoms with Crippen LogP contribution >= 0.6 is 0 Å². The van der Waals surface area contributed by atoms with Gasteiger partial charge >= 0.3 is 0 Å². The Morgan fingerprint density at radius 2 is 1.92 bits per heavy atom. The number of carbonyl (C=O) groups excluding carboxylic acids is 1. The highest BCUT2D eigenvalue weighted by Crippen LogP contribution is 2.19. The van der Waals surface area contributed by atoms with E-state index in [1.807, 2.05) is 31.2 Å². The number of fused-ring (bicyclic) bond motifs is 1.